The van der Waals surface area contributed by atoms with Crippen LogP contribution in [-0.2, 0) is 19.1 Å². The molecule has 0 aromatic carbocycles. The SMILES string of the molecule is CCCCCCCCC(CCCCCC)CC(=O)OCC(CCCCN(CC=C(C)C)CCN(C)CCO)COC(=O)CC(CCCCCC)CCCCCCCC. The minimum atomic E-state index is -0.0752. The molecule has 344 valence electrons. The van der Waals surface area contributed by atoms with Crippen molar-refractivity contribution in [2.45, 2.75) is 228 Å². The number of hydrogen-bond acceptors (Lipinski definition) is 7. The number of allylic oxidation sites excluding steroid dienone is 1. The standard InChI is InChI=1S/C51H100N2O5/c1-8-12-16-20-22-26-32-47(30-24-18-14-10-3)42-50(55)57-44-49(34-28-29-36-53(37-35-46(5)6)39-38-52(7)40-41-54)45-58-51(56)43-48(31-25-19-15-11-4)33-27-23-21-17-13-9-2/h35,47-49,54H,8-34,36-45H2,1-7H3. The maximum absolute atomic E-state index is 13.4. The van der Waals surface area contributed by atoms with Gasteiger partial charge in [0.2, 0.25) is 0 Å². The number of likely N-dealkylation sites (N-methyl/N-ethyl adjacent to an activating group) is 1. The number of carbonyl (C=O) groups is 2. The molecule has 2 atom stereocenters. The molecule has 0 saturated heterocycles. The van der Waals surface area contributed by atoms with Crippen molar-refractivity contribution in [3.63, 3.8) is 0 Å². The molecular weight excluding hydrogens is 721 g/mol. The van der Waals surface area contributed by atoms with Gasteiger partial charge >= 0.3 is 11.9 Å². The summed E-state index contributed by atoms with van der Waals surface area (Å²) < 4.78 is 12.1. The molecule has 0 aliphatic carbocycles. The number of esters is 2. The summed E-state index contributed by atoms with van der Waals surface area (Å²) in [5.41, 5.74) is 1.32. The molecular formula is C51H100N2O5. The first kappa shape index (κ1) is 56.6. The summed E-state index contributed by atoms with van der Waals surface area (Å²) in [5.74, 6) is 0.660. The summed E-state index contributed by atoms with van der Waals surface area (Å²) in [4.78, 5) is 31.5. The van der Waals surface area contributed by atoms with Gasteiger partial charge < -0.3 is 19.5 Å². The summed E-state index contributed by atoms with van der Waals surface area (Å²) in [7, 11) is 2.06. The fourth-order valence-electron chi connectivity index (χ4n) is 8.04. The van der Waals surface area contributed by atoms with Crippen LogP contribution in [0.25, 0.3) is 0 Å². The van der Waals surface area contributed by atoms with Gasteiger partial charge in [-0.3, -0.25) is 14.5 Å². The lowest BCUT2D eigenvalue weighted by molar-refractivity contribution is -0.150. The minimum absolute atomic E-state index is 0.0120. The first-order chi connectivity index (χ1) is 28.2. The summed E-state index contributed by atoms with van der Waals surface area (Å²) in [6.07, 6.45) is 35.9. The number of ether oxygens (including phenoxy) is 2. The van der Waals surface area contributed by atoms with Gasteiger partial charge in [0.05, 0.1) is 19.8 Å². The fraction of sp³-hybridized carbons (Fsp3) is 0.922. The number of rotatable bonds is 44. The third-order valence-electron chi connectivity index (χ3n) is 12.1. The van der Waals surface area contributed by atoms with Gasteiger partial charge in [-0.1, -0.05) is 174 Å². The van der Waals surface area contributed by atoms with Crippen LogP contribution >= 0.6 is 0 Å². The zero-order chi connectivity index (χ0) is 42.9. The number of carbonyl (C=O) groups excluding carboxylic acids is 2. The molecule has 0 amide bonds. The lowest BCUT2D eigenvalue weighted by Gasteiger charge is -2.25. The van der Waals surface area contributed by atoms with Crippen molar-refractivity contribution in [1.29, 1.82) is 0 Å². The Morgan fingerprint density at radius 2 is 0.879 bits per heavy atom. The van der Waals surface area contributed by atoms with E-state index in [1.54, 1.807) is 0 Å². The van der Waals surface area contributed by atoms with Crippen molar-refractivity contribution in [3.8, 4) is 0 Å². The molecule has 0 aromatic heterocycles. The normalized spacial score (nSPS) is 13.2. The highest BCUT2D eigenvalue weighted by atomic mass is 16.5. The molecule has 0 aliphatic heterocycles. The first-order valence-corrected chi connectivity index (χ1v) is 25.1. The van der Waals surface area contributed by atoms with Crippen molar-refractivity contribution in [2.24, 2.45) is 17.8 Å². The van der Waals surface area contributed by atoms with Crippen molar-refractivity contribution in [2.75, 3.05) is 59.6 Å². The van der Waals surface area contributed by atoms with Gasteiger partial charge in [-0.15, -0.1) is 0 Å². The van der Waals surface area contributed by atoms with Crippen LogP contribution in [0.2, 0.25) is 0 Å². The molecule has 7 nitrogen and oxygen atoms in total. The Morgan fingerprint density at radius 1 is 0.500 bits per heavy atom. The Hall–Kier alpha value is -1.44. The molecule has 0 radical (unpaired) electrons. The lowest BCUT2D eigenvalue weighted by atomic mass is 9.91. The van der Waals surface area contributed by atoms with E-state index >= 15 is 0 Å². The zero-order valence-electron chi connectivity index (χ0n) is 39.9. The Labute approximate surface area is 361 Å². The van der Waals surface area contributed by atoms with E-state index in [0.717, 1.165) is 71.1 Å². The van der Waals surface area contributed by atoms with Gasteiger partial charge in [0.1, 0.15) is 0 Å². The Kier molecular flexibility index (Phi) is 41.2. The predicted molar refractivity (Wildman–Crippen MR) is 249 cm³/mol. The third kappa shape index (κ3) is 37.6. The Balaban J connectivity index is 5.52. The second-order valence-electron chi connectivity index (χ2n) is 18.3. The maximum atomic E-state index is 13.4. The monoisotopic (exact) mass is 821 g/mol. The van der Waals surface area contributed by atoms with Crippen LogP contribution in [0.5, 0.6) is 0 Å². The topological polar surface area (TPSA) is 79.3 Å². The van der Waals surface area contributed by atoms with E-state index in [0.29, 0.717) is 44.4 Å². The van der Waals surface area contributed by atoms with E-state index in [1.807, 2.05) is 0 Å². The molecule has 0 fully saturated rings. The molecule has 0 aromatic rings. The van der Waals surface area contributed by atoms with Gasteiger partial charge in [0, 0.05) is 44.9 Å². The predicted octanol–water partition coefficient (Wildman–Crippen LogP) is 13.5. The number of hydrogen-bond donors (Lipinski definition) is 1. The minimum Gasteiger partial charge on any atom is -0.465 e. The zero-order valence-corrected chi connectivity index (χ0v) is 39.9. The quantitative estimate of drug-likeness (QED) is 0.0372. The van der Waals surface area contributed by atoms with E-state index in [9.17, 15) is 14.7 Å². The summed E-state index contributed by atoms with van der Waals surface area (Å²) >= 11 is 0. The number of nitrogens with zero attached hydrogens (tertiary/aromatic N) is 2. The molecule has 7 heteroatoms. The first-order valence-electron chi connectivity index (χ1n) is 25.1. The molecule has 0 spiro atoms. The van der Waals surface area contributed by atoms with Crippen LogP contribution in [0.15, 0.2) is 11.6 Å². The Morgan fingerprint density at radius 3 is 1.29 bits per heavy atom. The van der Waals surface area contributed by atoms with E-state index in [-0.39, 0.29) is 24.5 Å². The van der Waals surface area contributed by atoms with Crippen LogP contribution in [0.1, 0.15) is 228 Å². The van der Waals surface area contributed by atoms with Crippen LogP contribution in [0.3, 0.4) is 0 Å². The second kappa shape index (κ2) is 42.3. The average Bonchev–Trinajstić information content (AvgIpc) is 3.20. The third-order valence-corrected chi connectivity index (χ3v) is 12.1. The molecule has 2 unspecified atom stereocenters. The van der Waals surface area contributed by atoms with Crippen molar-refractivity contribution in [1.82, 2.24) is 9.80 Å². The van der Waals surface area contributed by atoms with E-state index in [4.69, 9.17) is 9.47 Å². The Bertz CT molecular complexity index is 888. The van der Waals surface area contributed by atoms with Crippen LogP contribution in [0.4, 0.5) is 0 Å². The number of aliphatic hydroxyl groups excluding tert-OH is 1. The van der Waals surface area contributed by atoms with Crippen molar-refractivity contribution in [3.05, 3.63) is 11.6 Å². The van der Waals surface area contributed by atoms with E-state index in [1.165, 1.54) is 134 Å². The summed E-state index contributed by atoms with van der Waals surface area (Å²) in [6.45, 7) is 18.6. The number of unbranched alkanes of at least 4 members (excludes halogenated alkanes) is 17. The van der Waals surface area contributed by atoms with Gasteiger partial charge in [-0.05, 0) is 77.8 Å². The lowest BCUT2D eigenvalue weighted by Crippen LogP contribution is -2.35. The average molecular weight is 821 g/mol. The van der Waals surface area contributed by atoms with Crippen molar-refractivity contribution >= 4 is 11.9 Å². The van der Waals surface area contributed by atoms with Crippen molar-refractivity contribution < 1.29 is 24.2 Å². The fourth-order valence-corrected chi connectivity index (χ4v) is 8.04. The number of aliphatic hydroxyl groups is 1. The summed E-state index contributed by atoms with van der Waals surface area (Å²) in [5, 5.41) is 9.36. The second-order valence-corrected chi connectivity index (χ2v) is 18.3. The smallest absolute Gasteiger partial charge is 0.306 e. The largest absolute Gasteiger partial charge is 0.465 e. The highest BCUT2D eigenvalue weighted by Crippen LogP contribution is 2.25. The van der Waals surface area contributed by atoms with Gasteiger partial charge in [-0.25, -0.2) is 0 Å². The van der Waals surface area contributed by atoms with Crippen LogP contribution < -0.4 is 0 Å². The van der Waals surface area contributed by atoms with Crippen LogP contribution in [0, 0.1) is 17.8 Å². The van der Waals surface area contributed by atoms with Gasteiger partial charge in [0.15, 0.2) is 0 Å². The molecule has 0 aliphatic rings. The van der Waals surface area contributed by atoms with Gasteiger partial charge in [0.25, 0.3) is 0 Å². The van der Waals surface area contributed by atoms with E-state index < -0.39 is 0 Å². The van der Waals surface area contributed by atoms with Gasteiger partial charge in [-0.2, -0.15) is 0 Å². The molecule has 58 heavy (non-hydrogen) atoms. The molecule has 0 heterocycles. The van der Waals surface area contributed by atoms with E-state index in [2.05, 4.69) is 64.5 Å². The molecule has 1 N–H and O–H groups in total. The highest BCUT2D eigenvalue weighted by Gasteiger charge is 2.21. The van der Waals surface area contributed by atoms with Crippen LogP contribution in [-0.4, -0.2) is 86.4 Å². The molecule has 0 bridgehead atoms. The summed E-state index contributed by atoms with van der Waals surface area (Å²) in [6, 6.07) is 0. The highest BCUT2D eigenvalue weighted by molar-refractivity contribution is 5.70. The molecule has 0 saturated carbocycles. The molecule has 0 rings (SSSR count). The maximum Gasteiger partial charge on any atom is 0.306 e.